The zero-order valence-electron chi connectivity index (χ0n) is 9.48. The second kappa shape index (κ2) is 6.72. The van der Waals surface area contributed by atoms with Crippen molar-refractivity contribution >= 4 is 30.1 Å². The van der Waals surface area contributed by atoms with Gasteiger partial charge in [0.25, 0.3) is 0 Å². The number of carbonyl (C=O) groups is 1. The number of nitrogens with two attached hydrogens (primary N) is 1. The lowest BCUT2D eigenvalue weighted by Gasteiger charge is -2.21. The van der Waals surface area contributed by atoms with Crippen LogP contribution in [0.5, 0.6) is 0 Å². The topological polar surface area (TPSA) is 55.1 Å². The second-order valence-corrected chi connectivity index (χ2v) is 5.86. The molecule has 94 valence electrons. The standard InChI is InChI=1S/C11H20N2OS.ClH/c12-10(8-1-2-8)7-13-11(14)9-3-5-15-6-4-9;/h8-10H,1-7,12H2,(H,13,14);1H. The summed E-state index contributed by atoms with van der Waals surface area (Å²) >= 11 is 1.95. The molecule has 1 atom stereocenters. The zero-order chi connectivity index (χ0) is 10.7. The van der Waals surface area contributed by atoms with E-state index < -0.39 is 0 Å². The number of hydrogen-bond acceptors (Lipinski definition) is 3. The summed E-state index contributed by atoms with van der Waals surface area (Å²) in [7, 11) is 0. The van der Waals surface area contributed by atoms with Crippen molar-refractivity contribution in [1.82, 2.24) is 5.32 Å². The van der Waals surface area contributed by atoms with E-state index in [1.54, 1.807) is 0 Å². The molecule has 2 aliphatic rings. The minimum Gasteiger partial charge on any atom is -0.354 e. The summed E-state index contributed by atoms with van der Waals surface area (Å²) in [6, 6.07) is 0.187. The lowest BCUT2D eigenvalue weighted by molar-refractivity contribution is -0.125. The van der Waals surface area contributed by atoms with Crippen LogP contribution in [0.1, 0.15) is 25.7 Å². The molecule has 3 N–H and O–H groups in total. The van der Waals surface area contributed by atoms with Crippen molar-refractivity contribution in [2.24, 2.45) is 17.6 Å². The first-order valence-electron chi connectivity index (χ1n) is 5.88. The molecule has 0 spiro atoms. The molecule has 16 heavy (non-hydrogen) atoms. The van der Waals surface area contributed by atoms with Crippen molar-refractivity contribution in [3.63, 3.8) is 0 Å². The molecular formula is C11H21ClN2OS. The van der Waals surface area contributed by atoms with Gasteiger partial charge >= 0.3 is 0 Å². The van der Waals surface area contributed by atoms with Crippen molar-refractivity contribution in [3.05, 3.63) is 0 Å². The molecule has 1 heterocycles. The molecule has 1 amide bonds. The number of rotatable bonds is 4. The molecule has 5 heteroatoms. The average molecular weight is 265 g/mol. The summed E-state index contributed by atoms with van der Waals surface area (Å²) in [5.74, 6) is 3.41. The Balaban J connectivity index is 0.00000128. The van der Waals surface area contributed by atoms with Crippen LogP contribution in [0.3, 0.4) is 0 Å². The first-order valence-corrected chi connectivity index (χ1v) is 7.04. The van der Waals surface area contributed by atoms with E-state index in [0.29, 0.717) is 12.5 Å². The Hall–Kier alpha value is 0.0700. The molecule has 1 aliphatic carbocycles. The van der Waals surface area contributed by atoms with Gasteiger partial charge in [-0.3, -0.25) is 4.79 Å². The fraction of sp³-hybridized carbons (Fsp3) is 0.909. The SMILES string of the molecule is Cl.NC(CNC(=O)C1CCSCC1)C1CC1. The Kier molecular flexibility index (Phi) is 5.94. The summed E-state index contributed by atoms with van der Waals surface area (Å²) in [4.78, 5) is 11.8. The van der Waals surface area contributed by atoms with Gasteiger partial charge in [-0.2, -0.15) is 11.8 Å². The van der Waals surface area contributed by atoms with Crippen LogP contribution in [0.4, 0.5) is 0 Å². The van der Waals surface area contributed by atoms with Crippen LogP contribution in [0.2, 0.25) is 0 Å². The largest absolute Gasteiger partial charge is 0.354 e. The summed E-state index contributed by atoms with van der Waals surface area (Å²) in [5, 5.41) is 3.00. The summed E-state index contributed by atoms with van der Waals surface area (Å²) in [6.45, 7) is 0.674. The first kappa shape index (κ1) is 14.1. The fourth-order valence-electron chi connectivity index (χ4n) is 2.01. The normalized spacial score (nSPS) is 23.3. The van der Waals surface area contributed by atoms with Crippen molar-refractivity contribution in [2.45, 2.75) is 31.7 Å². The van der Waals surface area contributed by atoms with E-state index >= 15 is 0 Å². The number of hydrogen-bond donors (Lipinski definition) is 2. The van der Waals surface area contributed by atoms with Gasteiger partial charge in [0.1, 0.15) is 0 Å². The van der Waals surface area contributed by atoms with Crippen molar-refractivity contribution in [1.29, 1.82) is 0 Å². The number of nitrogens with one attached hydrogen (secondary N) is 1. The highest BCUT2D eigenvalue weighted by molar-refractivity contribution is 7.99. The van der Waals surface area contributed by atoms with E-state index in [9.17, 15) is 4.79 Å². The number of amides is 1. The lowest BCUT2D eigenvalue weighted by atomic mass is 10.0. The predicted molar refractivity (Wildman–Crippen MR) is 71.0 cm³/mol. The van der Waals surface area contributed by atoms with Gasteiger partial charge in [-0.15, -0.1) is 12.4 Å². The molecule has 1 aliphatic heterocycles. The van der Waals surface area contributed by atoms with Crippen molar-refractivity contribution in [2.75, 3.05) is 18.1 Å². The van der Waals surface area contributed by atoms with E-state index in [1.807, 2.05) is 11.8 Å². The maximum Gasteiger partial charge on any atom is 0.223 e. The van der Waals surface area contributed by atoms with E-state index in [0.717, 1.165) is 24.3 Å². The smallest absolute Gasteiger partial charge is 0.223 e. The van der Waals surface area contributed by atoms with Gasteiger partial charge in [-0.1, -0.05) is 0 Å². The van der Waals surface area contributed by atoms with E-state index in [2.05, 4.69) is 5.32 Å². The van der Waals surface area contributed by atoms with Crippen LogP contribution >= 0.6 is 24.2 Å². The summed E-state index contributed by atoms with van der Waals surface area (Å²) in [5.41, 5.74) is 5.94. The molecule has 0 aromatic carbocycles. The third-order valence-corrected chi connectivity index (χ3v) is 4.38. The van der Waals surface area contributed by atoms with E-state index in [1.165, 1.54) is 12.8 Å². The van der Waals surface area contributed by atoms with Crippen LogP contribution in [0.15, 0.2) is 0 Å². The summed E-state index contributed by atoms with van der Waals surface area (Å²) < 4.78 is 0. The van der Waals surface area contributed by atoms with Gasteiger partial charge in [0.05, 0.1) is 0 Å². The zero-order valence-corrected chi connectivity index (χ0v) is 11.1. The molecule has 2 fully saturated rings. The van der Waals surface area contributed by atoms with Gasteiger partial charge < -0.3 is 11.1 Å². The molecule has 0 aromatic rings. The third-order valence-electron chi connectivity index (χ3n) is 3.33. The van der Waals surface area contributed by atoms with Crippen LogP contribution in [0.25, 0.3) is 0 Å². The molecule has 1 saturated carbocycles. The Morgan fingerprint density at radius 2 is 1.94 bits per heavy atom. The number of carbonyl (C=O) groups excluding carboxylic acids is 1. The maximum absolute atomic E-state index is 11.8. The highest BCUT2D eigenvalue weighted by Crippen LogP contribution is 2.31. The Labute approximate surface area is 108 Å². The van der Waals surface area contributed by atoms with Crippen LogP contribution in [0, 0.1) is 11.8 Å². The van der Waals surface area contributed by atoms with E-state index in [-0.39, 0.29) is 30.3 Å². The highest BCUT2D eigenvalue weighted by atomic mass is 35.5. The first-order chi connectivity index (χ1) is 7.27. The van der Waals surface area contributed by atoms with Crippen molar-refractivity contribution in [3.8, 4) is 0 Å². The molecule has 0 radical (unpaired) electrons. The van der Waals surface area contributed by atoms with Crippen LogP contribution < -0.4 is 11.1 Å². The summed E-state index contributed by atoms with van der Waals surface area (Å²) in [6.07, 6.45) is 4.57. The molecular weight excluding hydrogens is 244 g/mol. The third kappa shape index (κ3) is 4.15. The van der Waals surface area contributed by atoms with Gasteiger partial charge in [0.15, 0.2) is 0 Å². The molecule has 0 aromatic heterocycles. The van der Waals surface area contributed by atoms with E-state index in [4.69, 9.17) is 5.73 Å². The van der Waals surface area contributed by atoms with Gasteiger partial charge in [0, 0.05) is 18.5 Å². The Bertz CT molecular complexity index is 230. The average Bonchev–Trinajstić information content (AvgIpc) is 3.10. The van der Waals surface area contributed by atoms with Crippen molar-refractivity contribution < 1.29 is 4.79 Å². The van der Waals surface area contributed by atoms with Crippen LogP contribution in [-0.2, 0) is 4.79 Å². The molecule has 1 unspecified atom stereocenters. The predicted octanol–water partition coefficient (Wildman–Crippen LogP) is 1.40. The van der Waals surface area contributed by atoms with Gasteiger partial charge in [-0.25, -0.2) is 0 Å². The molecule has 3 nitrogen and oxygen atoms in total. The monoisotopic (exact) mass is 264 g/mol. The molecule has 1 saturated heterocycles. The molecule has 0 bridgehead atoms. The highest BCUT2D eigenvalue weighted by Gasteiger charge is 2.29. The Morgan fingerprint density at radius 3 is 2.50 bits per heavy atom. The quantitative estimate of drug-likeness (QED) is 0.807. The Morgan fingerprint density at radius 1 is 1.31 bits per heavy atom. The number of halogens is 1. The van der Waals surface area contributed by atoms with Crippen LogP contribution in [-0.4, -0.2) is 30.0 Å². The van der Waals surface area contributed by atoms with Gasteiger partial charge in [0.2, 0.25) is 5.91 Å². The lowest BCUT2D eigenvalue weighted by Crippen LogP contribution is -2.41. The fourth-order valence-corrected chi connectivity index (χ4v) is 3.12. The number of thioether (sulfide) groups is 1. The van der Waals surface area contributed by atoms with Gasteiger partial charge in [-0.05, 0) is 43.1 Å². The molecule has 2 rings (SSSR count). The second-order valence-electron chi connectivity index (χ2n) is 4.63. The minimum absolute atomic E-state index is 0. The minimum atomic E-state index is 0. The maximum atomic E-state index is 11.8.